The van der Waals surface area contributed by atoms with Crippen LogP contribution in [0.1, 0.15) is 15.9 Å². The second-order valence-corrected chi connectivity index (χ2v) is 7.13. The number of pyridine rings is 1. The lowest BCUT2D eigenvalue weighted by Gasteiger charge is -2.11. The number of ketones is 1. The van der Waals surface area contributed by atoms with E-state index in [1.807, 2.05) is 60.7 Å². The number of fused-ring (bicyclic) bond motifs is 1. The van der Waals surface area contributed by atoms with E-state index in [1.54, 1.807) is 25.3 Å². The molecule has 0 saturated heterocycles. The summed E-state index contributed by atoms with van der Waals surface area (Å²) in [5, 5.41) is 1.37. The number of benzene rings is 3. The molecule has 0 saturated carbocycles. The van der Waals surface area contributed by atoms with Gasteiger partial charge in [-0.3, -0.25) is 9.59 Å². The van der Waals surface area contributed by atoms with Crippen molar-refractivity contribution in [1.82, 2.24) is 4.98 Å². The SMILES string of the molecule is COc1ccccc1C=CC(=O)c1c(-c2ccc(Cl)cc2)c2ccccc2[nH]c1=O. The van der Waals surface area contributed by atoms with Crippen molar-refractivity contribution >= 4 is 34.4 Å². The number of aromatic amines is 1. The quantitative estimate of drug-likeness (QED) is 0.333. The molecule has 1 aromatic heterocycles. The van der Waals surface area contributed by atoms with Gasteiger partial charge in [0.05, 0.1) is 12.7 Å². The van der Waals surface area contributed by atoms with Crippen LogP contribution in [0.4, 0.5) is 0 Å². The number of carbonyl (C=O) groups is 1. The van der Waals surface area contributed by atoms with Gasteiger partial charge in [-0.25, -0.2) is 0 Å². The average molecular weight is 416 g/mol. The maximum Gasteiger partial charge on any atom is 0.260 e. The number of aromatic nitrogens is 1. The molecule has 0 radical (unpaired) electrons. The van der Waals surface area contributed by atoms with Gasteiger partial charge in [-0.1, -0.05) is 60.1 Å². The van der Waals surface area contributed by atoms with Crippen LogP contribution in [0.5, 0.6) is 5.75 Å². The maximum atomic E-state index is 13.2. The van der Waals surface area contributed by atoms with Gasteiger partial charge in [0.2, 0.25) is 0 Å². The van der Waals surface area contributed by atoms with E-state index >= 15 is 0 Å². The predicted molar refractivity (Wildman–Crippen MR) is 121 cm³/mol. The summed E-state index contributed by atoms with van der Waals surface area (Å²) in [4.78, 5) is 28.9. The Bertz CT molecular complexity index is 1320. The van der Waals surface area contributed by atoms with Crippen LogP contribution in [0, 0.1) is 0 Å². The van der Waals surface area contributed by atoms with E-state index in [-0.39, 0.29) is 5.56 Å². The number of nitrogens with one attached hydrogen (secondary N) is 1. The molecule has 5 heteroatoms. The minimum absolute atomic E-state index is 0.0853. The van der Waals surface area contributed by atoms with Gasteiger partial charge in [-0.2, -0.15) is 0 Å². The van der Waals surface area contributed by atoms with Gasteiger partial charge < -0.3 is 9.72 Å². The molecule has 148 valence electrons. The maximum absolute atomic E-state index is 13.2. The molecule has 4 nitrogen and oxygen atoms in total. The Balaban J connectivity index is 1.90. The standard InChI is InChI=1S/C25H18ClNO3/c1-30-22-9-5-2-6-16(22)12-15-21(28)24-23(17-10-13-18(26)14-11-17)19-7-3-4-8-20(19)27-25(24)29/h2-15H,1H3,(H,27,29). The Hall–Kier alpha value is -3.63. The van der Waals surface area contributed by atoms with Crippen LogP contribution in [0.3, 0.4) is 0 Å². The van der Waals surface area contributed by atoms with Crippen LogP contribution in [-0.4, -0.2) is 17.9 Å². The Morgan fingerprint density at radius 2 is 1.67 bits per heavy atom. The molecule has 0 amide bonds. The molecule has 0 bridgehead atoms. The molecule has 0 spiro atoms. The Labute approximate surface area is 178 Å². The lowest BCUT2D eigenvalue weighted by atomic mass is 9.94. The van der Waals surface area contributed by atoms with Crippen LogP contribution in [0.15, 0.2) is 83.7 Å². The van der Waals surface area contributed by atoms with Crippen molar-refractivity contribution in [3.63, 3.8) is 0 Å². The fourth-order valence-corrected chi connectivity index (χ4v) is 3.57. The van der Waals surface area contributed by atoms with E-state index in [2.05, 4.69) is 4.98 Å². The van der Waals surface area contributed by atoms with E-state index in [1.165, 1.54) is 6.08 Å². The number of methoxy groups -OCH3 is 1. The summed E-state index contributed by atoms with van der Waals surface area (Å²) in [5.41, 5.74) is 2.39. The molecule has 30 heavy (non-hydrogen) atoms. The van der Waals surface area contributed by atoms with E-state index in [4.69, 9.17) is 16.3 Å². The molecule has 0 atom stereocenters. The van der Waals surface area contributed by atoms with Crippen molar-refractivity contribution in [3.8, 4) is 16.9 Å². The third kappa shape index (κ3) is 3.78. The molecular formula is C25H18ClNO3. The summed E-state index contributed by atoms with van der Waals surface area (Å²) in [5.74, 6) is 0.254. The molecule has 1 N–H and O–H groups in total. The Kier molecular flexibility index (Phi) is 5.50. The summed E-state index contributed by atoms with van der Waals surface area (Å²) in [6.45, 7) is 0. The highest BCUT2D eigenvalue weighted by molar-refractivity contribution is 6.30. The molecule has 3 aromatic carbocycles. The first-order valence-corrected chi connectivity index (χ1v) is 9.72. The number of rotatable bonds is 5. The van der Waals surface area contributed by atoms with Gasteiger partial charge in [0.25, 0.3) is 5.56 Å². The number of hydrogen-bond donors (Lipinski definition) is 1. The highest BCUT2D eigenvalue weighted by Gasteiger charge is 2.19. The first kappa shape index (κ1) is 19.7. The lowest BCUT2D eigenvalue weighted by Crippen LogP contribution is -2.18. The number of hydrogen-bond acceptors (Lipinski definition) is 3. The highest BCUT2D eigenvalue weighted by Crippen LogP contribution is 2.31. The molecule has 0 unspecified atom stereocenters. The molecule has 0 fully saturated rings. The van der Waals surface area contributed by atoms with Crippen molar-refractivity contribution in [3.05, 3.63) is 105 Å². The number of H-pyrrole nitrogens is 1. The van der Waals surface area contributed by atoms with Crippen molar-refractivity contribution in [1.29, 1.82) is 0 Å². The number of halogens is 1. The molecule has 1 heterocycles. The summed E-state index contributed by atoms with van der Waals surface area (Å²) < 4.78 is 5.33. The smallest absolute Gasteiger partial charge is 0.260 e. The van der Waals surface area contributed by atoms with Gasteiger partial charge in [0.15, 0.2) is 5.78 Å². The average Bonchev–Trinajstić information content (AvgIpc) is 2.77. The minimum atomic E-state index is -0.437. The highest BCUT2D eigenvalue weighted by atomic mass is 35.5. The van der Waals surface area contributed by atoms with Gasteiger partial charge in [-0.05, 0) is 42.0 Å². The van der Waals surface area contributed by atoms with Crippen molar-refractivity contribution in [2.45, 2.75) is 0 Å². The summed E-state index contributed by atoms with van der Waals surface area (Å²) in [7, 11) is 1.57. The molecule has 0 aliphatic heterocycles. The molecular weight excluding hydrogens is 398 g/mol. The van der Waals surface area contributed by atoms with Gasteiger partial charge in [0, 0.05) is 27.1 Å². The van der Waals surface area contributed by atoms with E-state index in [0.717, 1.165) is 16.5 Å². The fraction of sp³-hybridized carbons (Fsp3) is 0.0400. The van der Waals surface area contributed by atoms with E-state index < -0.39 is 11.3 Å². The molecule has 0 aliphatic carbocycles. The number of allylic oxidation sites excluding steroid dienone is 1. The Morgan fingerprint density at radius 1 is 0.967 bits per heavy atom. The number of para-hydroxylation sites is 2. The molecule has 4 aromatic rings. The zero-order valence-corrected chi connectivity index (χ0v) is 16.9. The minimum Gasteiger partial charge on any atom is -0.496 e. The zero-order chi connectivity index (χ0) is 21.1. The molecule has 0 aliphatic rings. The third-order valence-electron chi connectivity index (χ3n) is 4.85. The number of carbonyl (C=O) groups excluding carboxylic acids is 1. The summed E-state index contributed by atoms with van der Waals surface area (Å²) in [6.07, 6.45) is 3.05. The first-order chi connectivity index (χ1) is 14.6. The summed E-state index contributed by atoms with van der Waals surface area (Å²) >= 11 is 6.04. The first-order valence-electron chi connectivity index (χ1n) is 9.35. The summed E-state index contributed by atoms with van der Waals surface area (Å²) in [6, 6.07) is 21.9. The van der Waals surface area contributed by atoms with Gasteiger partial charge in [-0.15, -0.1) is 0 Å². The van der Waals surface area contributed by atoms with Crippen LogP contribution in [0.25, 0.3) is 28.1 Å². The second-order valence-electron chi connectivity index (χ2n) is 6.70. The van der Waals surface area contributed by atoms with E-state index in [9.17, 15) is 9.59 Å². The van der Waals surface area contributed by atoms with Crippen molar-refractivity contribution in [2.24, 2.45) is 0 Å². The normalized spacial score (nSPS) is 11.1. The van der Waals surface area contributed by atoms with Gasteiger partial charge in [0.1, 0.15) is 5.75 Å². The zero-order valence-electron chi connectivity index (χ0n) is 16.2. The topological polar surface area (TPSA) is 59.2 Å². The second kappa shape index (κ2) is 8.39. The van der Waals surface area contributed by atoms with Crippen LogP contribution < -0.4 is 10.3 Å². The number of ether oxygens (including phenoxy) is 1. The van der Waals surface area contributed by atoms with Crippen molar-refractivity contribution < 1.29 is 9.53 Å². The van der Waals surface area contributed by atoms with Gasteiger partial charge >= 0.3 is 0 Å². The van der Waals surface area contributed by atoms with E-state index in [0.29, 0.717) is 21.9 Å². The van der Waals surface area contributed by atoms with Crippen molar-refractivity contribution in [2.75, 3.05) is 7.11 Å². The monoisotopic (exact) mass is 415 g/mol. The fourth-order valence-electron chi connectivity index (χ4n) is 3.45. The van der Waals surface area contributed by atoms with Crippen LogP contribution in [-0.2, 0) is 0 Å². The van der Waals surface area contributed by atoms with Crippen LogP contribution >= 0.6 is 11.6 Å². The molecule has 4 rings (SSSR count). The third-order valence-corrected chi connectivity index (χ3v) is 5.11. The van der Waals surface area contributed by atoms with Crippen LogP contribution in [0.2, 0.25) is 5.02 Å². The Morgan fingerprint density at radius 3 is 2.43 bits per heavy atom. The predicted octanol–water partition coefficient (Wildman–Crippen LogP) is 5.75. The largest absolute Gasteiger partial charge is 0.496 e. The lowest BCUT2D eigenvalue weighted by molar-refractivity contribution is 0.104.